The third-order valence-electron chi connectivity index (χ3n) is 4.99. The van der Waals surface area contributed by atoms with Gasteiger partial charge >= 0.3 is 0 Å². The number of carbonyl (C=O) groups is 1. The Kier molecular flexibility index (Phi) is 4.55. The molecule has 0 aromatic carbocycles. The third-order valence-corrected chi connectivity index (χ3v) is 4.99. The number of piperidine rings is 1. The van der Waals surface area contributed by atoms with Crippen molar-refractivity contribution in [1.29, 1.82) is 0 Å². The molecular formula is C18H28N4O. The van der Waals surface area contributed by atoms with Crippen LogP contribution in [0.5, 0.6) is 0 Å². The van der Waals surface area contributed by atoms with Gasteiger partial charge in [0.1, 0.15) is 0 Å². The number of aromatic nitrogens is 2. The maximum atomic E-state index is 12.1. The van der Waals surface area contributed by atoms with E-state index in [1.54, 1.807) is 0 Å². The molecule has 1 aromatic rings. The minimum atomic E-state index is 0.0205. The van der Waals surface area contributed by atoms with Crippen LogP contribution in [0.25, 0.3) is 0 Å². The van der Waals surface area contributed by atoms with Gasteiger partial charge in [-0.05, 0) is 37.8 Å². The molecule has 1 amide bonds. The van der Waals surface area contributed by atoms with E-state index in [9.17, 15) is 4.79 Å². The molecule has 1 aromatic heterocycles. The van der Waals surface area contributed by atoms with Crippen LogP contribution in [0.3, 0.4) is 0 Å². The Morgan fingerprint density at radius 2 is 1.96 bits per heavy atom. The molecule has 5 heteroatoms. The molecule has 1 atom stereocenters. The summed E-state index contributed by atoms with van der Waals surface area (Å²) in [6, 6.07) is 4.36. The average Bonchev–Trinajstić information content (AvgIpc) is 2.45. The molecule has 1 aliphatic carbocycles. The summed E-state index contributed by atoms with van der Waals surface area (Å²) < 4.78 is 0. The van der Waals surface area contributed by atoms with Crippen LogP contribution in [0.4, 0.5) is 5.82 Å². The van der Waals surface area contributed by atoms with Gasteiger partial charge in [0.15, 0.2) is 5.82 Å². The Balaban J connectivity index is 1.60. The van der Waals surface area contributed by atoms with E-state index in [0.717, 1.165) is 50.3 Å². The predicted molar refractivity (Wildman–Crippen MR) is 91.5 cm³/mol. The third kappa shape index (κ3) is 3.82. The second-order valence-electron chi connectivity index (χ2n) is 7.95. The summed E-state index contributed by atoms with van der Waals surface area (Å²) in [6.07, 6.45) is 5.45. The molecule has 2 heterocycles. The fourth-order valence-electron chi connectivity index (χ4n) is 3.19. The van der Waals surface area contributed by atoms with Crippen molar-refractivity contribution in [2.45, 2.75) is 64.3 Å². The van der Waals surface area contributed by atoms with Gasteiger partial charge in [0.25, 0.3) is 0 Å². The van der Waals surface area contributed by atoms with Crippen molar-refractivity contribution >= 4 is 11.7 Å². The smallest absolute Gasteiger partial charge is 0.223 e. The lowest BCUT2D eigenvalue weighted by atomic mass is 9.84. The normalized spacial score (nSPS) is 22.6. The molecule has 3 rings (SSSR count). The molecular weight excluding hydrogens is 288 g/mol. The zero-order valence-electron chi connectivity index (χ0n) is 14.5. The highest BCUT2D eigenvalue weighted by atomic mass is 16.2. The van der Waals surface area contributed by atoms with Gasteiger partial charge in [-0.15, -0.1) is 5.10 Å². The molecule has 2 fully saturated rings. The van der Waals surface area contributed by atoms with Gasteiger partial charge < -0.3 is 10.2 Å². The Morgan fingerprint density at radius 1 is 1.17 bits per heavy atom. The number of nitrogens with zero attached hydrogens (tertiary/aromatic N) is 3. The molecule has 2 aliphatic rings. The lowest BCUT2D eigenvalue weighted by Crippen LogP contribution is -2.50. The van der Waals surface area contributed by atoms with Crippen LogP contribution in [0.15, 0.2) is 12.1 Å². The Bertz CT molecular complexity index is 545. The Hall–Kier alpha value is -1.65. The molecule has 1 unspecified atom stereocenters. The molecule has 5 nitrogen and oxygen atoms in total. The molecule has 1 N–H and O–H groups in total. The summed E-state index contributed by atoms with van der Waals surface area (Å²) in [5, 5.41) is 12.0. The van der Waals surface area contributed by atoms with E-state index >= 15 is 0 Å². The highest BCUT2D eigenvalue weighted by Gasteiger charge is 2.29. The molecule has 0 bridgehead atoms. The van der Waals surface area contributed by atoms with E-state index < -0.39 is 0 Å². The van der Waals surface area contributed by atoms with E-state index in [0.29, 0.717) is 0 Å². The van der Waals surface area contributed by atoms with Crippen LogP contribution in [0.2, 0.25) is 0 Å². The maximum absolute atomic E-state index is 12.1. The summed E-state index contributed by atoms with van der Waals surface area (Å²) in [6.45, 7) is 8.25. The average molecular weight is 316 g/mol. The first-order valence-electron chi connectivity index (χ1n) is 8.83. The highest BCUT2D eigenvalue weighted by molar-refractivity contribution is 5.79. The first-order valence-corrected chi connectivity index (χ1v) is 8.83. The maximum Gasteiger partial charge on any atom is 0.223 e. The zero-order chi connectivity index (χ0) is 16.4. The molecule has 126 valence electrons. The lowest BCUT2D eigenvalue weighted by Gasteiger charge is -2.35. The van der Waals surface area contributed by atoms with Gasteiger partial charge in [-0.2, -0.15) is 5.10 Å². The van der Waals surface area contributed by atoms with Crippen LogP contribution in [0, 0.1) is 5.92 Å². The van der Waals surface area contributed by atoms with E-state index in [1.165, 1.54) is 6.42 Å². The minimum absolute atomic E-state index is 0.0205. The number of hydrogen-bond donors (Lipinski definition) is 1. The SMILES string of the molecule is CC(C)(C)c1ccc(N2CCCC(NC(=O)C3CCC3)C2)nn1. The predicted octanol–water partition coefficient (Wildman–Crippen LogP) is 2.66. The van der Waals surface area contributed by atoms with Crippen LogP contribution < -0.4 is 10.2 Å². The van der Waals surface area contributed by atoms with Crippen molar-refractivity contribution < 1.29 is 4.79 Å². The first kappa shape index (κ1) is 16.2. The monoisotopic (exact) mass is 316 g/mol. The fourth-order valence-corrected chi connectivity index (χ4v) is 3.19. The van der Waals surface area contributed by atoms with Gasteiger partial charge in [0.05, 0.1) is 5.69 Å². The van der Waals surface area contributed by atoms with E-state index in [-0.39, 0.29) is 23.3 Å². The second-order valence-corrected chi connectivity index (χ2v) is 7.95. The number of anilines is 1. The van der Waals surface area contributed by atoms with Crippen LogP contribution >= 0.6 is 0 Å². The summed E-state index contributed by atoms with van der Waals surface area (Å²) in [4.78, 5) is 14.4. The van der Waals surface area contributed by atoms with E-state index in [1.807, 2.05) is 0 Å². The summed E-state index contributed by atoms with van der Waals surface area (Å²) in [5.74, 6) is 1.43. The largest absolute Gasteiger partial charge is 0.353 e. The number of amides is 1. The van der Waals surface area contributed by atoms with Crippen molar-refractivity contribution in [3.63, 3.8) is 0 Å². The minimum Gasteiger partial charge on any atom is -0.353 e. The van der Waals surface area contributed by atoms with Gasteiger partial charge in [0, 0.05) is 30.5 Å². The lowest BCUT2D eigenvalue weighted by molar-refractivity contribution is -0.128. The van der Waals surface area contributed by atoms with Gasteiger partial charge in [-0.25, -0.2) is 0 Å². The number of hydrogen-bond acceptors (Lipinski definition) is 4. The van der Waals surface area contributed by atoms with Crippen molar-refractivity contribution in [2.75, 3.05) is 18.0 Å². The molecule has 23 heavy (non-hydrogen) atoms. The van der Waals surface area contributed by atoms with Gasteiger partial charge in [-0.1, -0.05) is 27.2 Å². The quantitative estimate of drug-likeness (QED) is 0.931. The summed E-state index contributed by atoms with van der Waals surface area (Å²) >= 11 is 0. The van der Waals surface area contributed by atoms with Crippen LogP contribution in [0.1, 0.15) is 58.6 Å². The van der Waals surface area contributed by atoms with Crippen molar-refractivity contribution in [1.82, 2.24) is 15.5 Å². The first-order chi connectivity index (χ1) is 10.9. The zero-order valence-corrected chi connectivity index (χ0v) is 14.5. The van der Waals surface area contributed by atoms with Gasteiger partial charge in [0.2, 0.25) is 5.91 Å². The van der Waals surface area contributed by atoms with Crippen molar-refractivity contribution in [2.24, 2.45) is 5.92 Å². The molecule has 1 saturated carbocycles. The summed E-state index contributed by atoms with van der Waals surface area (Å²) in [7, 11) is 0. The number of nitrogens with one attached hydrogen (secondary N) is 1. The van der Waals surface area contributed by atoms with Crippen LogP contribution in [-0.2, 0) is 10.2 Å². The number of rotatable bonds is 3. The summed E-state index contributed by atoms with van der Waals surface area (Å²) in [5.41, 5.74) is 1.03. The van der Waals surface area contributed by atoms with E-state index in [2.05, 4.69) is 53.3 Å². The Labute approximate surface area is 138 Å². The Morgan fingerprint density at radius 3 is 2.52 bits per heavy atom. The van der Waals surface area contributed by atoms with E-state index in [4.69, 9.17) is 0 Å². The van der Waals surface area contributed by atoms with Crippen molar-refractivity contribution in [3.05, 3.63) is 17.8 Å². The topological polar surface area (TPSA) is 58.1 Å². The number of carbonyl (C=O) groups excluding carboxylic acids is 1. The molecule has 1 saturated heterocycles. The standard InChI is InChI=1S/C18H28N4O/c1-18(2,3)15-9-10-16(21-20-15)22-11-5-8-14(12-22)19-17(23)13-6-4-7-13/h9-10,13-14H,4-8,11-12H2,1-3H3,(H,19,23). The van der Waals surface area contributed by atoms with Gasteiger partial charge in [-0.3, -0.25) is 4.79 Å². The van der Waals surface area contributed by atoms with Crippen LogP contribution in [-0.4, -0.2) is 35.2 Å². The molecule has 0 spiro atoms. The molecule has 0 radical (unpaired) electrons. The highest BCUT2D eigenvalue weighted by Crippen LogP contribution is 2.27. The second kappa shape index (κ2) is 6.46. The molecule has 1 aliphatic heterocycles. The van der Waals surface area contributed by atoms with Crippen molar-refractivity contribution in [3.8, 4) is 0 Å². The fraction of sp³-hybridized carbons (Fsp3) is 0.722.